The van der Waals surface area contributed by atoms with E-state index in [0.29, 0.717) is 0 Å². The third-order valence-electron chi connectivity index (χ3n) is 12.3. The van der Waals surface area contributed by atoms with Crippen molar-refractivity contribution in [3.8, 4) is 33.4 Å². The van der Waals surface area contributed by atoms with E-state index in [4.69, 9.17) is 0 Å². The normalized spacial score (nSPS) is 13.4. The van der Waals surface area contributed by atoms with Crippen LogP contribution in [0.4, 0.5) is 0 Å². The number of rotatable bonds is 3. The van der Waals surface area contributed by atoms with Crippen LogP contribution in [0.5, 0.6) is 0 Å². The molecule has 0 atom stereocenters. The van der Waals surface area contributed by atoms with E-state index < -0.39 is 11.2 Å². The molecule has 2 aromatic heterocycles. The van der Waals surface area contributed by atoms with Gasteiger partial charge in [0.2, 0.25) is 0 Å². The highest BCUT2D eigenvalue weighted by Gasteiger charge is 2.47. The summed E-state index contributed by atoms with van der Waals surface area (Å²) in [6.45, 7) is 4.04. The summed E-state index contributed by atoms with van der Waals surface area (Å²) in [5.74, 6) is 0. The molecule has 4 heteroatoms. The Morgan fingerprint density at radius 2 is 0.597 bits per heavy atom. The van der Waals surface area contributed by atoms with E-state index >= 15 is 0 Å². The number of benzene rings is 8. The lowest BCUT2D eigenvalue weighted by Crippen LogP contribution is -2.29. The molecule has 0 bridgehead atoms. The Morgan fingerprint density at radius 1 is 0.306 bits per heavy atom. The van der Waals surface area contributed by atoms with Crippen LogP contribution in [0, 0.1) is 13.8 Å². The maximum Gasteiger partial charge on any atom is 0.142 e. The minimum absolute atomic E-state index is 0.790. The highest BCUT2D eigenvalue weighted by molar-refractivity contribution is 5.98. The van der Waals surface area contributed by atoms with Crippen LogP contribution in [-0.2, 0) is 11.2 Å². The highest BCUT2D eigenvalue weighted by Crippen LogP contribution is 2.57. The Hall–Kier alpha value is -7.50. The average Bonchev–Trinajstić information content (AvgIpc) is 3.75. The fourth-order valence-corrected chi connectivity index (χ4v) is 9.43. The Kier molecular flexibility index (Phi) is 9.88. The molecule has 2 heterocycles. The minimum Gasteiger partial charge on any atom is -0.376 e. The van der Waals surface area contributed by atoms with Crippen molar-refractivity contribution in [3.05, 3.63) is 263 Å². The van der Waals surface area contributed by atoms with Crippen molar-refractivity contribution >= 4 is 21.5 Å². The molecule has 2 N–H and O–H groups in total. The van der Waals surface area contributed by atoms with E-state index in [1.807, 2.05) is 135 Å². The fourth-order valence-electron chi connectivity index (χ4n) is 9.43. The summed E-state index contributed by atoms with van der Waals surface area (Å²) >= 11 is 0. The van der Waals surface area contributed by atoms with E-state index in [-0.39, 0.29) is 0 Å². The lowest BCUT2D eigenvalue weighted by atomic mass is 9.75. The van der Waals surface area contributed by atoms with Gasteiger partial charge in [-0.3, -0.25) is 9.97 Å². The topological polar surface area (TPSA) is 66.2 Å². The van der Waals surface area contributed by atoms with E-state index in [0.717, 1.165) is 88.3 Å². The number of aryl methyl sites for hydroxylation is 2. The first-order valence-corrected chi connectivity index (χ1v) is 21.0. The standard InChI is InChI=1S/C46H30O2.2C6H7N/c47-45(39-21-9-5-17-33(39)34-18-6-10-22-40(34)45)43-27-31-15-3-1-13-29(31)25-37(43)38-26-30-14-2-4-16-32(30)28-44(38)46(48)41-23-11-7-19-35(41)36-20-8-12-24-42(36)46;2*1-6-3-2-4-7-5-6/h1-28,47-48H;2*2-5H,1H3. The van der Waals surface area contributed by atoms with Gasteiger partial charge in [0.1, 0.15) is 11.2 Å². The van der Waals surface area contributed by atoms with Gasteiger partial charge in [-0.15, -0.1) is 0 Å². The van der Waals surface area contributed by atoms with Crippen LogP contribution in [-0.4, -0.2) is 20.2 Å². The lowest BCUT2D eigenvalue weighted by molar-refractivity contribution is 0.129. The molecule has 0 unspecified atom stereocenters. The number of nitrogens with zero attached hydrogens (tertiary/aromatic N) is 2. The average molecular weight is 801 g/mol. The third kappa shape index (κ3) is 6.49. The van der Waals surface area contributed by atoms with Crippen molar-refractivity contribution < 1.29 is 10.2 Å². The van der Waals surface area contributed by atoms with Crippen molar-refractivity contribution in [3.63, 3.8) is 0 Å². The first-order chi connectivity index (χ1) is 30.4. The molecule has 0 saturated carbocycles. The summed E-state index contributed by atoms with van der Waals surface area (Å²) in [5.41, 5.74) is 10.5. The van der Waals surface area contributed by atoms with Crippen LogP contribution in [0.3, 0.4) is 0 Å². The lowest BCUT2D eigenvalue weighted by Gasteiger charge is -2.33. The maximum atomic E-state index is 13.4. The second-order valence-corrected chi connectivity index (χ2v) is 16.2. The number of hydrogen-bond donors (Lipinski definition) is 2. The Morgan fingerprint density at radius 3 is 0.871 bits per heavy atom. The minimum atomic E-state index is -1.43. The molecule has 0 amide bonds. The molecule has 0 fully saturated rings. The molecule has 2 aliphatic carbocycles. The van der Waals surface area contributed by atoms with Crippen molar-refractivity contribution in [2.24, 2.45) is 0 Å². The van der Waals surface area contributed by atoms with Gasteiger partial charge in [0, 0.05) is 58.2 Å². The van der Waals surface area contributed by atoms with Gasteiger partial charge in [0.15, 0.2) is 0 Å². The molecule has 8 aromatic carbocycles. The number of pyridine rings is 2. The highest BCUT2D eigenvalue weighted by atomic mass is 16.3. The van der Waals surface area contributed by atoms with Crippen molar-refractivity contribution in [1.29, 1.82) is 0 Å². The Labute approximate surface area is 362 Å². The second kappa shape index (κ2) is 15.8. The molecule has 4 nitrogen and oxygen atoms in total. The van der Waals surface area contributed by atoms with Crippen molar-refractivity contribution in [2.45, 2.75) is 25.0 Å². The summed E-state index contributed by atoms with van der Waals surface area (Å²) < 4.78 is 0. The van der Waals surface area contributed by atoms with Crippen LogP contribution in [0.2, 0.25) is 0 Å². The number of aromatic nitrogens is 2. The van der Waals surface area contributed by atoms with Crippen molar-refractivity contribution in [2.75, 3.05) is 0 Å². The van der Waals surface area contributed by atoms with Gasteiger partial charge in [-0.25, -0.2) is 0 Å². The van der Waals surface area contributed by atoms with Gasteiger partial charge in [-0.2, -0.15) is 0 Å². The molecule has 298 valence electrons. The van der Waals surface area contributed by atoms with E-state index in [9.17, 15) is 10.2 Å². The first-order valence-electron chi connectivity index (χ1n) is 21.0. The van der Waals surface area contributed by atoms with Gasteiger partial charge in [-0.05, 0) is 116 Å². The summed E-state index contributed by atoms with van der Waals surface area (Å²) in [5, 5.41) is 30.9. The monoisotopic (exact) mass is 800 g/mol. The maximum absolute atomic E-state index is 13.4. The molecule has 12 rings (SSSR count). The van der Waals surface area contributed by atoms with Gasteiger partial charge in [0.25, 0.3) is 0 Å². The van der Waals surface area contributed by atoms with Gasteiger partial charge in [-0.1, -0.05) is 158 Å². The van der Waals surface area contributed by atoms with Gasteiger partial charge >= 0.3 is 0 Å². The van der Waals surface area contributed by atoms with E-state index in [1.54, 1.807) is 12.4 Å². The summed E-state index contributed by atoms with van der Waals surface area (Å²) in [6.07, 6.45) is 7.21. The molecule has 62 heavy (non-hydrogen) atoms. The zero-order valence-corrected chi connectivity index (χ0v) is 34.6. The van der Waals surface area contributed by atoms with Gasteiger partial charge < -0.3 is 10.2 Å². The fraction of sp³-hybridized carbons (Fsp3) is 0.0690. The molecular formula is C58H44N2O2. The number of hydrogen-bond acceptors (Lipinski definition) is 4. The summed E-state index contributed by atoms with van der Waals surface area (Å²) in [4.78, 5) is 7.77. The predicted octanol–water partition coefficient (Wildman–Crippen LogP) is 13.0. The zero-order valence-electron chi connectivity index (χ0n) is 34.6. The van der Waals surface area contributed by atoms with E-state index in [1.165, 1.54) is 11.1 Å². The molecule has 2 aliphatic rings. The quantitative estimate of drug-likeness (QED) is 0.187. The zero-order chi connectivity index (χ0) is 42.3. The third-order valence-corrected chi connectivity index (χ3v) is 12.3. The van der Waals surface area contributed by atoms with Crippen molar-refractivity contribution in [1.82, 2.24) is 9.97 Å². The van der Waals surface area contributed by atoms with E-state index in [2.05, 4.69) is 94.9 Å². The Balaban J connectivity index is 0.000000279. The van der Waals surface area contributed by atoms with Gasteiger partial charge in [0.05, 0.1) is 0 Å². The van der Waals surface area contributed by atoms with Crippen LogP contribution in [0.1, 0.15) is 44.5 Å². The first kappa shape index (κ1) is 38.7. The molecule has 0 saturated heterocycles. The van der Waals surface area contributed by atoms with Crippen LogP contribution < -0.4 is 0 Å². The number of fused-ring (bicyclic) bond motifs is 8. The largest absolute Gasteiger partial charge is 0.376 e. The molecular weight excluding hydrogens is 757 g/mol. The smallest absolute Gasteiger partial charge is 0.142 e. The van der Waals surface area contributed by atoms with Crippen LogP contribution in [0.25, 0.3) is 54.9 Å². The molecule has 0 spiro atoms. The Bertz CT molecular complexity index is 2940. The SMILES string of the molecule is Cc1cccnc1.Cc1cccnc1.OC1(c2cc3ccccc3cc2-c2cc3ccccc3cc2C2(O)c3ccccc3-c3ccccc32)c2ccccc2-c2ccccc21. The molecule has 0 radical (unpaired) electrons. The number of aliphatic hydroxyl groups is 2. The van der Waals surface area contributed by atoms with Crippen LogP contribution in [0.15, 0.2) is 219 Å². The predicted molar refractivity (Wildman–Crippen MR) is 253 cm³/mol. The molecule has 0 aliphatic heterocycles. The summed E-state index contributed by atoms with van der Waals surface area (Å²) in [6, 6.07) is 66.0. The molecule has 10 aromatic rings. The van der Waals surface area contributed by atoms with Crippen LogP contribution >= 0.6 is 0 Å². The second-order valence-electron chi connectivity index (χ2n) is 16.2. The summed E-state index contributed by atoms with van der Waals surface area (Å²) in [7, 11) is 0.